The Balaban J connectivity index is 0.000000771. The lowest BCUT2D eigenvalue weighted by molar-refractivity contribution is 0.478. The third-order valence-electron chi connectivity index (χ3n) is 2.16. The summed E-state index contributed by atoms with van der Waals surface area (Å²) in [5, 5.41) is 0.693. The fraction of sp³-hybridized carbons (Fsp3) is 0.200. The minimum absolute atomic E-state index is 0.434. The second-order valence-corrected chi connectivity index (χ2v) is 4.00. The van der Waals surface area contributed by atoms with Crippen LogP contribution in [0.4, 0.5) is 0 Å². The Morgan fingerprint density at radius 2 is 1.56 bits per heavy atom. The Bertz CT molecular complexity index is 466. The molecule has 2 rings (SSSR count). The lowest BCUT2D eigenvalue weighted by Gasteiger charge is -2.09. The molecule has 0 spiro atoms. The van der Waals surface area contributed by atoms with Crippen LogP contribution in [0.2, 0.25) is 5.02 Å². The Morgan fingerprint density at radius 1 is 0.944 bits per heavy atom. The van der Waals surface area contributed by atoms with Crippen molar-refractivity contribution in [2.24, 2.45) is 0 Å². The first-order valence-corrected chi connectivity index (χ1v) is 6.78. The van der Waals surface area contributed by atoms with Crippen molar-refractivity contribution in [3.05, 3.63) is 59.1 Å². The third kappa shape index (κ3) is 4.25. The van der Waals surface area contributed by atoms with Crippen molar-refractivity contribution >= 4 is 23.2 Å². The van der Waals surface area contributed by atoms with Crippen LogP contribution in [0.15, 0.2) is 48.5 Å². The molecule has 0 unspecified atom stereocenters. The quantitative estimate of drug-likeness (QED) is 0.637. The van der Waals surface area contributed by atoms with Crippen molar-refractivity contribution in [2.45, 2.75) is 19.7 Å². The summed E-state index contributed by atoms with van der Waals surface area (Å²) in [7, 11) is 0. The number of ether oxygens (including phenoxy) is 1. The van der Waals surface area contributed by atoms with Crippen LogP contribution in [0.5, 0.6) is 11.5 Å². The first-order valence-electron chi connectivity index (χ1n) is 5.87. The number of alkyl halides is 1. The first kappa shape index (κ1) is 14.9. The summed E-state index contributed by atoms with van der Waals surface area (Å²) < 4.78 is 5.71. The summed E-state index contributed by atoms with van der Waals surface area (Å²) in [5.41, 5.74) is 0.971. The van der Waals surface area contributed by atoms with E-state index in [-0.39, 0.29) is 0 Å². The molecule has 0 aliphatic rings. The lowest BCUT2D eigenvalue weighted by Crippen LogP contribution is -1.88. The van der Waals surface area contributed by atoms with E-state index in [0.29, 0.717) is 10.9 Å². The molecule has 0 fully saturated rings. The maximum Gasteiger partial charge on any atom is 0.131 e. The lowest BCUT2D eigenvalue weighted by atomic mass is 10.2. The molecule has 3 heteroatoms. The van der Waals surface area contributed by atoms with Gasteiger partial charge in [-0.2, -0.15) is 0 Å². The van der Waals surface area contributed by atoms with Gasteiger partial charge in [-0.25, -0.2) is 0 Å². The van der Waals surface area contributed by atoms with E-state index in [4.69, 9.17) is 27.9 Å². The van der Waals surface area contributed by atoms with Crippen molar-refractivity contribution in [3.63, 3.8) is 0 Å². The summed E-state index contributed by atoms with van der Waals surface area (Å²) in [5.74, 6) is 1.96. The Labute approximate surface area is 118 Å². The largest absolute Gasteiger partial charge is 0.457 e. The van der Waals surface area contributed by atoms with E-state index < -0.39 is 0 Å². The number of hydrogen-bond acceptors (Lipinski definition) is 1. The van der Waals surface area contributed by atoms with Gasteiger partial charge in [0.1, 0.15) is 11.5 Å². The van der Waals surface area contributed by atoms with Crippen LogP contribution >= 0.6 is 23.2 Å². The minimum Gasteiger partial charge on any atom is -0.457 e. The van der Waals surface area contributed by atoms with Gasteiger partial charge in [0.15, 0.2) is 0 Å². The molecule has 18 heavy (non-hydrogen) atoms. The highest BCUT2D eigenvalue weighted by Crippen LogP contribution is 2.27. The molecule has 1 nitrogen and oxygen atoms in total. The molecule has 0 heterocycles. The van der Waals surface area contributed by atoms with Crippen molar-refractivity contribution in [1.82, 2.24) is 0 Å². The average Bonchev–Trinajstić information content (AvgIpc) is 2.44. The highest BCUT2D eigenvalue weighted by atomic mass is 35.5. The van der Waals surface area contributed by atoms with Gasteiger partial charge in [0.25, 0.3) is 0 Å². The van der Waals surface area contributed by atoms with E-state index in [0.717, 1.165) is 17.1 Å². The van der Waals surface area contributed by atoms with Crippen LogP contribution in [0.3, 0.4) is 0 Å². The molecule has 0 aromatic heterocycles. The zero-order valence-corrected chi connectivity index (χ0v) is 12.0. The normalized spacial score (nSPS) is 9.33. The molecule has 0 radical (unpaired) electrons. The van der Waals surface area contributed by atoms with Gasteiger partial charge in [-0.3, -0.25) is 0 Å². The monoisotopic (exact) mass is 282 g/mol. The van der Waals surface area contributed by atoms with Crippen LogP contribution in [0.1, 0.15) is 19.4 Å². The van der Waals surface area contributed by atoms with Crippen molar-refractivity contribution in [2.75, 3.05) is 0 Å². The summed E-state index contributed by atoms with van der Waals surface area (Å²) in [6.07, 6.45) is 0. The van der Waals surface area contributed by atoms with Gasteiger partial charge in [-0.1, -0.05) is 43.6 Å². The molecule has 0 bridgehead atoms. The first-order chi connectivity index (χ1) is 8.79. The molecular weight excluding hydrogens is 267 g/mol. The van der Waals surface area contributed by atoms with Crippen LogP contribution in [0.25, 0.3) is 0 Å². The van der Waals surface area contributed by atoms with E-state index in [1.807, 2.05) is 50.2 Å². The fourth-order valence-electron chi connectivity index (χ4n) is 1.34. The molecule has 0 atom stereocenters. The molecule has 0 saturated heterocycles. The summed E-state index contributed by atoms with van der Waals surface area (Å²) in [6, 6.07) is 14.9. The molecule has 0 amide bonds. The highest BCUT2D eigenvalue weighted by Gasteiger charge is 2.02. The maximum atomic E-state index is 5.82. The van der Waals surface area contributed by atoms with E-state index in [9.17, 15) is 0 Å². The smallest absolute Gasteiger partial charge is 0.131 e. The zero-order valence-electron chi connectivity index (χ0n) is 10.5. The number of hydrogen-bond donors (Lipinski definition) is 0. The summed E-state index contributed by atoms with van der Waals surface area (Å²) >= 11 is 11.6. The minimum atomic E-state index is 0.434. The average molecular weight is 283 g/mol. The second kappa shape index (κ2) is 8.02. The van der Waals surface area contributed by atoms with Crippen molar-refractivity contribution in [3.8, 4) is 11.5 Å². The van der Waals surface area contributed by atoms with Gasteiger partial charge in [-0.05, 0) is 30.3 Å². The highest BCUT2D eigenvalue weighted by molar-refractivity contribution is 6.30. The van der Waals surface area contributed by atoms with E-state index in [1.54, 1.807) is 12.1 Å². The summed E-state index contributed by atoms with van der Waals surface area (Å²) in [4.78, 5) is 0. The molecule has 0 N–H and O–H groups in total. The van der Waals surface area contributed by atoms with Gasteiger partial charge in [-0.15, -0.1) is 11.6 Å². The van der Waals surface area contributed by atoms with Gasteiger partial charge in [0, 0.05) is 10.6 Å². The van der Waals surface area contributed by atoms with E-state index in [2.05, 4.69) is 0 Å². The topological polar surface area (TPSA) is 9.23 Å². The molecular formula is C15H16Cl2O. The predicted octanol–water partition coefficient (Wildman–Crippen LogP) is 5.90. The molecule has 2 aromatic carbocycles. The third-order valence-corrected chi connectivity index (χ3v) is 2.70. The SMILES string of the molecule is CC.ClCc1ccccc1Oc1ccc(Cl)cc1. The van der Waals surface area contributed by atoms with Gasteiger partial charge in [0.05, 0.1) is 5.88 Å². The number of halogens is 2. The van der Waals surface area contributed by atoms with Crippen LogP contribution in [-0.4, -0.2) is 0 Å². The van der Waals surface area contributed by atoms with Crippen molar-refractivity contribution < 1.29 is 4.74 Å². The molecule has 0 aliphatic heterocycles. The van der Waals surface area contributed by atoms with Crippen LogP contribution in [-0.2, 0) is 5.88 Å². The second-order valence-electron chi connectivity index (χ2n) is 3.30. The Kier molecular flexibility index (Phi) is 6.63. The molecule has 0 saturated carbocycles. The van der Waals surface area contributed by atoms with E-state index in [1.165, 1.54) is 0 Å². The summed E-state index contributed by atoms with van der Waals surface area (Å²) in [6.45, 7) is 4.00. The van der Waals surface area contributed by atoms with Gasteiger partial charge >= 0.3 is 0 Å². The number of para-hydroxylation sites is 1. The Hall–Kier alpha value is -1.18. The molecule has 96 valence electrons. The van der Waals surface area contributed by atoms with Crippen molar-refractivity contribution in [1.29, 1.82) is 0 Å². The number of rotatable bonds is 3. The van der Waals surface area contributed by atoms with Gasteiger partial charge < -0.3 is 4.74 Å². The van der Waals surface area contributed by atoms with Crippen LogP contribution < -0.4 is 4.74 Å². The zero-order chi connectivity index (χ0) is 13.4. The predicted molar refractivity (Wildman–Crippen MR) is 78.9 cm³/mol. The molecule has 2 aromatic rings. The van der Waals surface area contributed by atoms with Gasteiger partial charge in [0.2, 0.25) is 0 Å². The molecule has 0 aliphatic carbocycles. The van der Waals surface area contributed by atoms with Crippen LogP contribution in [0, 0.1) is 0 Å². The standard InChI is InChI=1S/C13H10Cl2O.C2H6/c14-9-10-3-1-2-4-13(10)16-12-7-5-11(15)6-8-12;1-2/h1-8H,9H2;1-2H3. The fourth-order valence-corrected chi connectivity index (χ4v) is 1.69. The number of benzene rings is 2. The Morgan fingerprint density at radius 3 is 2.17 bits per heavy atom. The maximum absolute atomic E-state index is 5.82. The van der Waals surface area contributed by atoms with E-state index >= 15 is 0 Å².